The molecule has 3 rings (SSSR count). The largest absolute Gasteiger partial charge is 0.376 e. The van der Waals surface area contributed by atoms with E-state index >= 15 is 0 Å². The summed E-state index contributed by atoms with van der Waals surface area (Å²) in [5, 5.41) is 6.01. The summed E-state index contributed by atoms with van der Waals surface area (Å²) >= 11 is 0. The Morgan fingerprint density at radius 2 is 2.17 bits per heavy atom. The first kappa shape index (κ1) is 21.3. The van der Waals surface area contributed by atoms with Crippen LogP contribution in [0.4, 0.5) is 0 Å². The summed E-state index contributed by atoms with van der Waals surface area (Å²) in [6.45, 7) is 3.16. The number of amides is 2. The average molecular weight is 402 g/mol. The number of hydrogen-bond donors (Lipinski definition) is 3. The smallest absolute Gasteiger partial charge is 0.246 e. The molecule has 2 amide bonds. The monoisotopic (exact) mass is 402 g/mol. The van der Waals surface area contributed by atoms with Crippen LogP contribution in [0.15, 0.2) is 24.5 Å². The second kappa shape index (κ2) is 10.4. The standard InChI is InChI=1S/C21H30N4O4/c1-3-8-29-19-7-5-15(10-18(19)25-20(26)12-28-2)21(27)22-11-14-4-6-16-17(9-14)24-13-23-16/h4,6,9,13,15,18-19H,3,5,7-8,10-12H2,1-2H3,(H,22,27)(H,23,24)(H,25,26)/t15-,18+,19+/m0/s1. The van der Waals surface area contributed by atoms with Gasteiger partial charge in [-0.1, -0.05) is 13.0 Å². The van der Waals surface area contributed by atoms with E-state index in [1.807, 2.05) is 18.2 Å². The van der Waals surface area contributed by atoms with Gasteiger partial charge in [-0.15, -0.1) is 0 Å². The number of aromatic amines is 1. The summed E-state index contributed by atoms with van der Waals surface area (Å²) in [5.41, 5.74) is 2.87. The van der Waals surface area contributed by atoms with Crippen LogP contribution in [0.2, 0.25) is 0 Å². The van der Waals surface area contributed by atoms with Gasteiger partial charge < -0.3 is 25.1 Å². The minimum Gasteiger partial charge on any atom is -0.376 e. The second-order valence-corrected chi connectivity index (χ2v) is 7.50. The zero-order valence-electron chi connectivity index (χ0n) is 17.1. The number of nitrogens with one attached hydrogen (secondary N) is 3. The number of rotatable bonds is 9. The Bertz CT molecular complexity index is 822. The molecule has 1 aliphatic carbocycles. The Balaban J connectivity index is 1.56. The van der Waals surface area contributed by atoms with Crippen molar-refractivity contribution in [1.82, 2.24) is 20.6 Å². The first-order valence-corrected chi connectivity index (χ1v) is 10.2. The number of hydrogen-bond acceptors (Lipinski definition) is 5. The van der Waals surface area contributed by atoms with Gasteiger partial charge >= 0.3 is 0 Å². The highest BCUT2D eigenvalue weighted by molar-refractivity contribution is 5.80. The molecule has 1 aromatic carbocycles. The van der Waals surface area contributed by atoms with Gasteiger partial charge in [0.05, 0.1) is 29.5 Å². The first-order chi connectivity index (χ1) is 14.1. The third kappa shape index (κ3) is 5.77. The molecule has 8 nitrogen and oxygen atoms in total. The zero-order valence-corrected chi connectivity index (χ0v) is 17.1. The fraction of sp³-hybridized carbons (Fsp3) is 0.571. The summed E-state index contributed by atoms with van der Waals surface area (Å²) < 4.78 is 10.8. The molecule has 29 heavy (non-hydrogen) atoms. The van der Waals surface area contributed by atoms with Crippen LogP contribution in [0.1, 0.15) is 38.2 Å². The molecule has 0 radical (unpaired) electrons. The number of H-pyrrole nitrogens is 1. The maximum Gasteiger partial charge on any atom is 0.246 e. The molecule has 0 spiro atoms. The molecule has 8 heteroatoms. The van der Waals surface area contributed by atoms with Gasteiger partial charge in [-0.3, -0.25) is 9.59 Å². The van der Waals surface area contributed by atoms with Crippen molar-refractivity contribution in [3.8, 4) is 0 Å². The molecule has 158 valence electrons. The summed E-state index contributed by atoms with van der Waals surface area (Å²) in [6, 6.07) is 5.71. The van der Waals surface area contributed by atoms with E-state index in [9.17, 15) is 9.59 Å². The Labute approximate surface area is 170 Å². The van der Waals surface area contributed by atoms with Crippen molar-refractivity contribution in [1.29, 1.82) is 0 Å². The van der Waals surface area contributed by atoms with E-state index in [4.69, 9.17) is 9.47 Å². The van der Waals surface area contributed by atoms with E-state index in [0.29, 0.717) is 19.6 Å². The first-order valence-electron chi connectivity index (χ1n) is 10.2. The summed E-state index contributed by atoms with van der Waals surface area (Å²) in [7, 11) is 1.49. The number of carbonyl (C=O) groups is 2. The molecule has 3 atom stereocenters. The number of fused-ring (bicyclic) bond motifs is 1. The molecule has 1 fully saturated rings. The number of aromatic nitrogens is 2. The molecule has 1 aromatic heterocycles. The predicted molar refractivity (Wildman–Crippen MR) is 109 cm³/mol. The third-order valence-corrected chi connectivity index (χ3v) is 5.27. The highest BCUT2D eigenvalue weighted by atomic mass is 16.5. The van der Waals surface area contributed by atoms with Crippen LogP contribution in [0, 0.1) is 5.92 Å². The lowest BCUT2D eigenvalue weighted by molar-refractivity contribution is -0.132. The molecular formula is C21H30N4O4. The number of ether oxygens (including phenoxy) is 2. The van der Waals surface area contributed by atoms with Crippen molar-refractivity contribution < 1.29 is 19.1 Å². The van der Waals surface area contributed by atoms with Crippen LogP contribution in [0.3, 0.4) is 0 Å². The lowest BCUT2D eigenvalue weighted by atomic mass is 9.83. The van der Waals surface area contributed by atoms with Crippen LogP contribution < -0.4 is 10.6 Å². The second-order valence-electron chi connectivity index (χ2n) is 7.50. The fourth-order valence-electron chi connectivity index (χ4n) is 3.81. The molecule has 2 aromatic rings. The minimum atomic E-state index is -0.185. The van der Waals surface area contributed by atoms with Crippen LogP contribution in [0.25, 0.3) is 11.0 Å². The molecule has 1 aliphatic rings. The van der Waals surface area contributed by atoms with Crippen molar-refractivity contribution in [2.24, 2.45) is 5.92 Å². The van der Waals surface area contributed by atoms with E-state index in [1.165, 1.54) is 7.11 Å². The van der Waals surface area contributed by atoms with Crippen molar-refractivity contribution >= 4 is 22.8 Å². The van der Waals surface area contributed by atoms with Gasteiger partial charge in [0.1, 0.15) is 6.61 Å². The van der Waals surface area contributed by atoms with Crippen LogP contribution >= 0.6 is 0 Å². The normalized spacial score (nSPS) is 21.8. The topological polar surface area (TPSA) is 105 Å². The molecule has 1 saturated carbocycles. The highest BCUT2D eigenvalue weighted by Crippen LogP contribution is 2.27. The van der Waals surface area contributed by atoms with Crippen molar-refractivity contribution in [3.63, 3.8) is 0 Å². The fourth-order valence-corrected chi connectivity index (χ4v) is 3.81. The molecule has 0 saturated heterocycles. The van der Waals surface area contributed by atoms with Gasteiger partial charge in [0, 0.05) is 26.2 Å². The maximum absolute atomic E-state index is 12.8. The molecule has 0 bridgehead atoms. The Hall–Kier alpha value is -2.45. The lowest BCUT2D eigenvalue weighted by Gasteiger charge is -2.36. The number of nitrogens with zero attached hydrogens (tertiary/aromatic N) is 1. The quantitative estimate of drug-likeness (QED) is 0.594. The van der Waals surface area contributed by atoms with E-state index in [-0.39, 0.29) is 36.5 Å². The minimum absolute atomic E-state index is 0.00391. The zero-order chi connectivity index (χ0) is 20.6. The highest BCUT2D eigenvalue weighted by Gasteiger charge is 2.35. The van der Waals surface area contributed by atoms with E-state index in [1.54, 1.807) is 6.33 Å². The Kier molecular flexibility index (Phi) is 7.60. The van der Waals surface area contributed by atoms with Gasteiger partial charge in [0.15, 0.2) is 0 Å². The van der Waals surface area contributed by atoms with Crippen molar-refractivity contribution in [2.45, 2.75) is 51.3 Å². The predicted octanol–water partition coefficient (Wildman–Crippen LogP) is 1.91. The molecule has 3 N–H and O–H groups in total. The number of methoxy groups -OCH3 is 1. The van der Waals surface area contributed by atoms with E-state index in [0.717, 1.165) is 35.9 Å². The van der Waals surface area contributed by atoms with Crippen LogP contribution in [0.5, 0.6) is 0 Å². The summed E-state index contributed by atoms with van der Waals surface area (Å²) in [6.07, 6.45) is 4.56. The number of benzene rings is 1. The summed E-state index contributed by atoms with van der Waals surface area (Å²) in [4.78, 5) is 32.0. The maximum atomic E-state index is 12.8. The van der Waals surface area contributed by atoms with Gasteiger partial charge in [-0.05, 0) is 43.4 Å². The van der Waals surface area contributed by atoms with Crippen LogP contribution in [-0.2, 0) is 25.6 Å². The van der Waals surface area contributed by atoms with E-state index < -0.39 is 0 Å². The van der Waals surface area contributed by atoms with Gasteiger partial charge in [0.2, 0.25) is 11.8 Å². The van der Waals surface area contributed by atoms with Crippen LogP contribution in [-0.4, -0.2) is 54.3 Å². The third-order valence-electron chi connectivity index (χ3n) is 5.27. The summed E-state index contributed by atoms with van der Waals surface area (Å²) in [5.74, 6) is -0.327. The average Bonchev–Trinajstić information content (AvgIpc) is 3.19. The molecular weight excluding hydrogens is 372 g/mol. The lowest BCUT2D eigenvalue weighted by Crippen LogP contribution is -2.51. The van der Waals surface area contributed by atoms with Gasteiger partial charge in [-0.25, -0.2) is 4.98 Å². The van der Waals surface area contributed by atoms with Gasteiger partial charge in [0.25, 0.3) is 0 Å². The SMILES string of the molecule is CCCO[C@@H]1CC[C@H](C(=O)NCc2ccc3nc[nH]c3c2)C[C@H]1NC(=O)COC. The van der Waals surface area contributed by atoms with Crippen molar-refractivity contribution in [3.05, 3.63) is 30.1 Å². The molecule has 1 heterocycles. The van der Waals surface area contributed by atoms with Crippen molar-refractivity contribution in [2.75, 3.05) is 20.3 Å². The number of imidazole rings is 1. The number of carbonyl (C=O) groups excluding carboxylic acids is 2. The molecule has 0 aliphatic heterocycles. The van der Waals surface area contributed by atoms with E-state index in [2.05, 4.69) is 27.5 Å². The molecule has 0 unspecified atom stereocenters. The Morgan fingerprint density at radius 3 is 2.97 bits per heavy atom. The van der Waals surface area contributed by atoms with Gasteiger partial charge in [-0.2, -0.15) is 0 Å². The Morgan fingerprint density at radius 1 is 1.31 bits per heavy atom.